The van der Waals surface area contributed by atoms with Crippen molar-refractivity contribution in [1.29, 1.82) is 0 Å². The average molecular weight is 346 g/mol. The number of sulfone groups is 1. The first kappa shape index (κ1) is 15.0. The Labute approximate surface area is 138 Å². The van der Waals surface area contributed by atoms with Gasteiger partial charge in [-0.2, -0.15) is 0 Å². The lowest BCUT2D eigenvalue weighted by Crippen LogP contribution is -2.13. The molecule has 24 heavy (non-hydrogen) atoms. The van der Waals surface area contributed by atoms with Crippen molar-refractivity contribution in [3.8, 4) is 11.5 Å². The van der Waals surface area contributed by atoms with Gasteiger partial charge in [-0.25, -0.2) is 8.42 Å². The molecule has 1 aliphatic heterocycles. The summed E-state index contributed by atoms with van der Waals surface area (Å²) in [6, 6.07) is 13.0. The summed E-state index contributed by atoms with van der Waals surface area (Å²) >= 11 is 0. The number of carboxylic acids is 1. The first-order chi connectivity index (χ1) is 11.5. The molecule has 6 nitrogen and oxygen atoms in total. The molecule has 4 rings (SSSR count). The van der Waals surface area contributed by atoms with Crippen LogP contribution in [0.5, 0.6) is 11.5 Å². The summed E-state index contributed by atoms with van der Waals surface area (Å²) < 4.78 is 36.1. The van der Waals surface area contributed by atoms with Gasteiger partial charge < -0.3 is 14.6 Å². The maximum atomic E-state index is 12.8. The molecule has 0 unspecified atom stereocenters. The zero-order valence-corrected chi connectivity index (χ0v) is 13.3. The molecule has 2 aromatic carbocycles. The summed E-state index contributed by atoms with van der Waals surface area (Å²) in [7, 11) is -3.72. The van der Waals surface area contributed by atoms with Crippen molar-refractivity contribution in [3.63, 3.8) is 0 Å². The molecule has 1 aliphatic carbocycles. The molecule has 0 saturated heterocycles. The number of ether oxygens (including phenoxy) is 2. The number of carboxylic acid groups (broad SMARTS) is 1. The van der Waals surface area contributed by atoms with E-state index in [0.29, 0.717) is 17.1 Å². The van der Waals surface area contributed by atoms with Gasteiger partial charge in [-0.05, 0) is 29.8 Å². The predicted molar refractivity (Wildman–Crippen MR) is 83.8 cm³/mol. The largest absolute Gasteiger partial charge is 0.481 e. The van der Waals surface area contributed by atoms with E-state index in [2.05, 4.69) is 0 Å². The highest BCUT2D eigenvalue weighted by Gasteiger charge is 2.63. The highest BCUT2D eigenvalue weighted by atomic mass is 32.2. The van der Waals surface area contributed by atoms with Gasteiger partial charge in [0.1, 0.15) is 0 Å². The summed E-state index contributed by atoms with van der Waals surface area (Å²) in [6.07, 6.45) is 0. The lowest BCUT2D eigenvalue weighted by Gasteiger charge is -2.04. The zero-order chi connectivity index (χ0) is 16.9. The molecule has 1 heterocycles. The van der Waals surface area contributed by atoms with E-state index >= 15 is 0 Å². The molecule has 7 heteroatoms. The summed E-state index contributed by atoms with van der Waals surface area (Å²) in [5.41, 5.74) is 0.635. The second kappa shape index (κ2) is 5.24. The van der Waals surface area contributed by atoms with E-state index in [1.807, 2.05) is 0 Å². The Morgan fingerprint density at radius 3 is 2.46 bits per heavy atom. The number of benzene rings is 2. The van der Waals surface area contributed by atoms with Crippen LogP contribution >= 0.6 is 0 Å². The van der Waals surface area contributed by atoms with E-state index in [9.17, 15) is 18.3 Å². The molecule has 0 bridgehead atoms. The third-order valence-electron chi connectivity index (χ3n) is 4.45. The van der Waals surface area contributed by atoms with E-state index in [1.54, 1.807) is 36.4 Å². The van der Waals surface area contributed by atoms with E-state index in [-0.39, 0.29) is 11.7 Å². The van der Waals surface area contributed by atoms with Crippen LogP contribution in [0.4, 0.5) is 0 Å². The van der Waals surface area contributed by atoms with Crippen LogP contribution in [0.15, 0.2) is 53.4 Å². The van der Waals surface area contributed by atoms with Crippen LogP contribution in [-0.4, -0.2) is 31.5 Å². The summed E-state index contributed by atoms with van der Waals surface area (Å²) in [5.74, 6) is -1.58. The fraction of sp³-hybridized carbons (Fsp3) is 0.235. The molecular formula is C17H14O6S. The minimum atomic E-state index is -3.72. The Morgan fingerprint density at radius 2 is 1.75 bits per heavy atom. The molecule has 0 aromatic heterocycles. The van der Waals surface area contributed by atoms with Gasteiger partial charge in [0.2, 0.25) is 6.79 Å². The topological polar surface area (TPSA) is 89.9 Å². The Hall–Kier alpha value is -2.54. The summed E-state index contributed by atoms with van der Waals surface area (Å²) in [6.45, 7) is 0.109. The van der Waals surface area contributed by atoms with E-state index in [1.165, 1.54) is 12.1 Å². The highest BCUT2D eigenvalue weighted by molar-refractivity contribution is 7.92. The maximum absolute atomic E-state index is 12.8. The van der Waals surface area contributed by atoms with Gasteiger partial charge in [0.15, 0.2) is 21.3 Å². The van der Waals surface area contributed by atoms with Gasteiger partial charge in [-0.15, -0.1) is 0 Å². The maximum Gasteiger partial charge on any atom is 0.308 e. The predicted octanol–water partition coefficient (Wildman–Crippen LogP) is 2.06. The third kappa shape index (κ3) is 2.24. The Balaban J connectivity index is 1.72. The van der Waals surface area contributed by atoms with E-state index < -0.39 is 32.9 Å². The van der Waals surface area contributed by atoms with E-state index in [4.69, 9.17) is 9.47 Å². The van der Waals surface area contributed by atoms with Gasteiger partial charge in [0.25, 0.3) is 0 Å². The smallest absolute Gasteiger partial charge is 0.308 e. The summed E-state index contributed by atoms with van der Waals surface area (Å²) in [5, 5.41) is 8.46. The van der Waals surface area contributed by atoms with Gasteiger partial charge in [-0.3, -0.25) is 4.79 Å². The van der Waals surface area contributed by atoms with Crippen LogP contribution in [0.1, 0.15) is 11.5 Å². The second-order valence-corrected chi connectivity index (χ2v) is 7.93. The fourth-order valence-electron chi connectivity index (χ4n) is 3.25. The number of aliphatic carboxylic acids is 1. The first-order valence-electron chi connectivity index (χ1n) is 7.41. The number of hydrogen-bond acceptors (Lipinski definition) is 5. The van der Waals surface area contributed by atoms with Crippen LogP contribution in [0.25, 0.3) is 0 Å². The minimum absolute atomic E-state index is 0.109. The van der Waals surface area contributed by atoms with Gasteiger partial charge in [0, 0.05) is 5.92 Å². The minimum Gasteiger partial charge on any atom is -0.481 e. The SMILES string of the molecule is O=C(O)[C@H]1[C@@H](c2ccc3c(c2)OCO3)[C@@H]1S(=O)(=O)c1ccccc1. The highest BCUT2D eigenvalue weighted by Crippen LogP contribution is 2.55. The van der Waals surface area contributed by atoms with Crippen LogP contribution < -0.4 is 9.47 Å². The van der Waals surface area contributed by atoms with Crippen LogP contribution in [0, 0.1) is 5.92 Å². The van der Waals surface area contributed by atoms with E-state index in [0.717, 1.165) is 0 Å². The second-order valence-electron chi connectivity index (χ2n) is 5.83. The Bertz CT molecular complexity index is 906. The number of fused-ring (bicyclic) bond motifs is 1. The summed E-state index contributed by atoms with van der Waals surface area (Å²) in [4.78, 5) is 11.7. The molecule has 3 atom stereocenters. The van der Waals surface area contributed by atoms with Crippen molar-refractivity contribution < 1.29 is 27.8 Å². The number of rotatable bonds is 4. The number of carbonyl (C=O) groups is 1. The van der Waals surface area contributed by atoms with Crippen LogP contribution in [0.3, 0.4) is 0 Å². The molecule has 1 fully saturated rings. The molecule has 0 amide bonds. The molecule has 2 aromatic rings. The quantitative estimate of drug-likeness (QED) is 0.911. The first-order valence-corrected chi connectivity index (χ1v) is 8.96. The number of hydrogen-bond donors (Lipinski definition) is 1. The lowest BCUT2D eigenvalue weighted by atomic mass is 10.1. The Morgan fingerprint density at radius 1 is 1.04 bits per heavy atom. The molecule has 0 spiro atoms. The average Bonchev–Trinajstić information content (AvgIpc) is 3.19. The molecule has 2 aliphatic rings. The van der Waals surface area contributed by atoms with Gasteiger partial charge >= 0.3 is 5.97 Å². The van der Waals surface area contributed by atoms with Crippen LogP contribution in [0.2, 0.25) is 0 Å². The van der Waals surface area contributed by atoms with Crippen molar-refractivity contribution in [2.45, 2.75) is 16.1 Å². The molecule has 0 radical (unpaired) electrons. The van der Waals surface area contributed by atoms with Gasteiger partial charge in [-0.1, -0.05) is 24.3 Å². The van der Waals surface area contributed by atoms with Crippen molar-refractivity contribution in [3.05, 3.63) is 54.1 Å². The molecule has 124 valence electrons. The molecular weight excluding hydrogens is 332 g/mol. The van der Waals surface area contributed by atoms with Crippen molar-refractivity contribution in [2.75, 3.05) is 6.79 Å². The lowest BCUT2D eigenvalue weighted by molar-refractivity contribution is -0.138. The standard InChI is InChI=1S/C17H14O6S/c18-17(19)15-14(10-6-7-12-13(8-10)23-9-22-12)16(15)24(20,21)11-4-2-1-3-5-11/h1-8,14-16H,9H2,(H,18,19)/t14-,15+,16+/m1/s1. The molecule has 1 N–H and O–H groups in total. The molecule has 1 saturated carbocycles. The fourth-order valence-corrected chi connectivity index (χ4v) is 5.39. The monoisotopic (exact) mass is 346 g/mol. The zero-order valence-electron chi connectivity index (χ0n) is 12.5. The van der Waals surface area contributed by atoms with Crippen molar-refractivity contribution in [2.24, 2.45) is 5.92 Å². The van der Waals surface area contributed by atoms with Gasteiger partial charge in [0.05, 0.1) is 16.1 Å². The van der Waals surface area contributed by atoms with Crippen molar-refractivity contribution in [1.82, 2.24) is 0 Å². The normalized spacial score (nSPS) is 24.6. The third-order valence-corrected chi connectivity index (χ3v) is 6.68. The van der Waals surface area contributed by atoms with Crippen molar-refractivity contribution >= 4 is 15.8 Å². The Kier molecular flexibility index (Phi) is 3.28. The van der Waals surface area contributed by atoms with Crippen LogP contribution in [-0.2, 0) is 14.6 Å².